The molecule has 0 aliphatic rings. The Morgan fingerprint density at radius 2 is 1.92 bits per heavy atom. The summed E-state index contributed by atoms with van der Waals surface area (Å²) in [4.78, 5) is 15.2. The molecule has 0 radical (unpaired) electrons. The smallest absolute Gasteiger partial charge is 0.335 e. The van der Waals surface area contributed by atoms with E-state index < -0.39 is 11.8 Å². The first-order chi connectivity index (χ1) is 11.5. The molecule has 0 spiro atoms. The first-order valence-corrected chi connectivity index (χ1v) is 7.42. The number of aromatic carboxylic acids is 1. The van der Waals surface area contributed by atoms with Crippen molar-refractivity contribution >= 4 is 29.5 Å². The molecule has 3 rings (SSSR count). The number of nitrogens with zero attached hydrogens (tertiary/aromatic N) is 2. The van der Waals surface area contributed by atoms with Crippen LogP contribution < -0.4 is 0 Å². The van der Waals surface area contributed by atoms with Gasteiger partial charge in [-0.15, -0.1) is 0 Å². The summed E-state index contributed by atoms with van der Waals surface area (Å²) in [5.74, 6) is -1.46. The molecule has 2 aromatic carbocycles. The van der Waals surface area contributed by atoms with Crippen LogP contribution in [0.3, 0.4) is 0 Å². The van der Waals surface area contributed by atoms with E-state index in [4.69, 9.17) is 16.7 Å². The van der Waals surface area contributed by atoms with Gasteiger partial charge in [0.05, 0.1) is 28.2 Å². The lowest BCUT2D eigenvalue weighted by atomic mass is 10.2. The maximum Gasteiger partial charge on any atom is 0.335 e. The number of carboxylic acids is 1. The van der Waals surface area contributed by atoms with Crippen LogP contribution in [0.1, 0.15) is 16.1 Å². The summed E-state index contributed by atoms with van der Waals surface area (Å²) < 4.78 is 15.0. The molecule has 0 aliphatic heterocycles. The van der Waals surface area contributed by atoms with Crippen LogP contribution in [0.15, 0.2) is 65.8 Å². The van der Waals surface area contributed by atoms with Crippen LogP contribution in [0.2, 0.25) is 5.02 Å². The van der Waals surface area contributed by atoms with Crippen molar-refractivity contribution in [2.45, 2.75) is 0 Å². The van der Waals surface area contributed by atoms with Crippen molar-refractivity contribution in [2.24, 2.45) is 4.99 Å². The molecule has 0 atom stereocenters. The van der Waals surface area contributed by atoms with Gasteiger partial charge in [0.25, 0.3) is 0 Å². The maximum absolute atomic E-state index is 13.2. The molecule has 120 valence electrons. The lowest BCUT2D eigenvalue weighted by molar-refractivity contribution is 0.0697. The molecule has 6 heteroatoms. The first-order valence-electron chi connectivity index (χ1n) is 7.05. The number of rotatable bonds is 4. The van der Waals surface area contributed by atoms with E-state index in [1.807, 2.05) is 22.9 Å². The van der Waals surface area contributed by atoms with Gasteiger partial charge in [-0.2, -0.15) is 0 Å². The fourth-order valence-electron chi connectivity index (χ4n) is 2.21. The predicted molar refractivity (Wildman–Crippen MR) is 91.4 cm³/mol. The zero-order valence-electron chi connectivity index (χ0n) is 12.4. The zero-order valence-corrected chi connectivity index (χ0v) is 13.1. The third kappa shape index (κ3) is 3.36. The lowest BCUT2D eigenvalue weighted by Gasteiger charge is -2.06. The first kappa shape index (κ1) is 16.0. The van der Waals surface area contributed by atoms with Gasteiger partial charge in [0, 0.05) is 11.9 Å². The minimum Gasteiger partial charge on any atom is -0.478 e. The van der Waals surface area contributed by atoms with Gasteiger partial charge in [-0.05, 0) is 54.6 Å². The Labute approximate surface area is 142 Å². The number of hydrogen-bond acceptors (Lipinski definition) is 2. The van der Waals surface area contributed by atoms with Gasteiger partial charge in [0.15, 0.2) is 0 Å². The number of aliphatic imine (C=N–C) groups is 1. The van der Waals surface area contributed by atoms with Crippen LogP contribution in [-0.4, -0.2) is 21.9 Å². The van der Waals surface area contributed by atoms with Gasteiger partial charge in [-0.25, -0.2) is 9.18 Å². The second-order valence-corrected chi connectivity index (χ2v) is 5.42. The summed E-state index contributed by atoms with van der Waals surface area (Å²) in [5, 5.41) is 8.97. The molecule has 1 aromatic heterocycles. The molecule has 0 aliphatic carbocycles. The van der Waals surface area contributed by atoms with Crippen LogP contribution in [0.5, 0.6) is 0 Å². The fourth-order valence-corrected chi connectivity index (χ4v) is 2.38. The van der Waals surface area contributed by atoms with Crippen LogP contribution in [-0.2, 0) is 0 Å². The molecule has 0 bridgehead atoms. The van der Waals surface area contributed by atoms with E-state index in [0.717, 1.165) is 11.4 Å². The minimum atomic E-state index is -0.968. The van der Waals surface area contributed by atoms with Crippen molar-refractivity contribution in [3.05, 3.63) is 82.9 Å². The zero-order chi connectivity index (χ0) is 17.1. The minimum absolute atomic E-state index is 0.0179. The highest BCUT2D eigenvalue weighted by atomic mass is 35.5. The quantitative estimate of drug-likeness (QED) is 0.697. The van der Waals surface area contributed by atoms with Gasteiger partial charge in [0.2, 0.25) is 0 Å². The summed E-state index contributed by atoms with van der Waals surface area (Å²) in [6.07, 6.45) is 3.48. The van der Waals surface area contributed by atoms with Crippen LogP contribution in [0.4, 0.5) is 10.1 Å². The molecule has 0 saturated heterocycles. The Kier molecular flexibility index (Phi) is 4.44. The standard InChI is InChI=1S/C18H12ClFN2O2/c19-16-10-13(5-8-17(16)20)21-11-15-2-1-9-22(15)14-6-3-12(4-7-14)18(23)24/h1-11H,(H,23,24). The Morgan fingerprint density at radius 1 is 1.17 bits per heavy atom. The van der Waals surface area contributed by atoms with E-state index >= 15 is 0 Å². The summed E-state index contributed by atoms with van der Waals surface area (Å²) in [6.45, 7) is 0. The van der Waals surface area contributed by atoms with Crippen molar-refractivity contribution in [1.82, 2.24) is 4.57 Å². The number of carbonyl (C=O) groups is 1. The SMILES string of the molecule is O=C(O)c1ccc(-n2cccc2C=Nc2ccc(F)c(Cl)c2)cc1. The van der Waals surface area contributed by atoms with E-state index in [1.165, 1.54) is 18.2 Å². The van der Waals surface area contributed by atoms with Gasteiger partial charge in [-0.1, -0.05) is 11.6 Å². The number of aromatic nitrogens is 1. The van der Waals surface area contributed by atoms with Crippen molar-refractivity contribution < 1.29 is 14.3 Å². The molecule has 24 heavy (non-hydrogen) atoms. The Hall–Kier alpha value is -2.92. The van der Waals surface area contributed by atoms with Gasteiger partial charge in [-0.3, -0.25) is 4.99 Å². The molecule has 4 nitrogen and oxygen atoms in total. The summed E-state index contributed by atoms with van der Waals surface area (Å²) in [5.41, 5.74) is 2.36. The van der Waals surface area contributed by atoms with Crippen molar-refractivity contribution in [2.75, 3.05) is 0 Å². The van der Waals surface area contributed by atoms with Crippen molar-refractivity contribution in [1.29, 1.82) is 0 Å². The highest BCUT2D eigenvalue weighted by Crippen LogP contribution is 2.22. The predicted octanol–water partition coefficient (Wildman–Crippen LogP) is 4.72. The van der Waals surface area contributed by atoms with E-state index in [2.05, 4.69) is 4.99 Å². The monoisotopic (exact) mass is 342 g/mol. The number of halogens is 2. The molecule has 0 unspecified atom stereocenters. The number of benzene rings is 2. The Balaban J connectivity index is 1.88. The van der Waals surface area contributed by atoms with Gasteiger partial charge in [0.1, 0.15) is 5.82 Å². The number of carboxylic acid groups (broad SMARTS) is 1. The second kappa shape index (κ2) is 6.68. The molecule has 0 amide bonds. The van der Waals surface area contributed by atoms with E-state index in [-0.39, 0.29) is 10.6 Å². The van der Waals surface area contributed by atoms with Crippen molar-refractivity contribution in [3.8, 4) is 5.69 Å². The summed E-state index contributed by atoms with van der Waals surface area (Å²) in [7, 11) is 0. The molecule has 0 fully saturated rings. The highest BCUT2D eigenvalue weighted by molar-refractivity contribution is 6.31. The summed E-state index contributed by atoms with van der Waals surface area (Å²) in [6, 6.07) is 14.5. The van der Waals surface area contributed by atoms with Crippen LogP contribution >= 0.6 is 11.6 Å². The summed E-state index contributed by atoms with van der Waals surface area (Å²) >= 11 is 5.74. The van der Waals surface area contributed by atoms with Crippen LogP contribution in [0, 0.1) is 5.82 Å². The third-order valence-corrected chi connectivity index (χ3v) is 3.71. The van der Waals surface area contributed by atoms with E-state index in [9.17, 15) is 9.18 Å². The molecule has 1 N–H and O–H groups in total. The Morgan fingerprint density at radius 3 is 2.58 bits per heavy atom. The molecule has 1 heterocycles. The second-order valence-electron chi connectivity index (χ2n) is 5.01. The fraction of sp³-hybridized carbons (Fsp3) is 0. The maximum atomic E-state index is 13.2. The topological polar surface area (TPSA) is 54.6 Å². The van der Waals surface area contributed by atoms with Crippen molar-refractivity contribution in [3.63, 3.8) is 0 Å². The molecule has 0 saturated carbocycles. The Bertz CT molecular complexity index is 917. The van der Waals surface area contributed by atoms with E-state index in [0.29, 0.717) is 5.69 Å². The third-order valence-electron chi connectivity index (χ3n) is 3.42. The normalized spacial score (nSPS) is 11.1. The highest BCUT2D eigenvalue weighted by Gasteiger charge is 2.05. The molecular weight excluding hydrogens is 331 g/mol. The lowest BCUT2D eigenvalue weighted by Crippen LogP contribution is -2.00. The largest absolute Gasteiger partial charge is 0.478 e. The average Bonchev–Trinajstić information content (AvgIpc) is 3.04. The average molecular weight is 343 g/mol. The van der Waals surface area contributed by atoms with Gasteiger partial charge < -0.3 is 9.67 Å². The van der Waals surface area contributed by atoms with Gasteiger partial charge >= 0.3 is 5.97 Å². The van der Waals surface area contributed by atoms with E-state index in [1.54, 1.807) is 30.5 Å². The molecular formula is C18H12ClFN2O2. The van der Waals surface area contributed by atoms with Crippen LogP contribution in [0.25, 0.3) is 5.69 Å². The number of hydrogen-bond donors (Lipinski definition) is 1. The molecule has 3 aromatic rings.